The van der Waals surface area contributed by atoms with Crippen LogP contribution in [0.2, 0.25) is 10.0 Å². The molecule has 1 aromatic carbocycles. The van der Waals surface area contributed by atoms with Crippen LogP contribution in [-0.2, 0) is 11.3 Å². The number of hydrogen-bond donors (Lipinski definition) is 0. The van der Waals surface area contributed by atoms with E-state index in [0.29, 0.717) is 29.6 Å². The summed E-state index contributed by atoms with van der Waals surface area (Å²) >= 11 is 17.9. The van der Waals surface area contributed by atoms with Crippen LogP contribution in [0.25, 0.3) is 0 Å². The second-order valence-electron chi connectivity index (χ2n) is 3.79. The molecule has 0 bridgehead atoms. The lowest BCUT2D eigenvalue weighted by atomic mass is 10.2. The third kappa shape index (κ3) is 2.45. The Labute approximate surface area is 109 Å². The summed E-state index contributed by atoms with van der Waals surface area (Å²) in [5, 5.41) is 0.925. The molecule has 1 aromatic rings. The maximum absolute atomic E-state index is 11.6. The minimum absolute atomic E-state index is 0.0658. The number of amides is 1. The third-order valence-corrected chi connectivity index (χ3v) is 3.71. The van der Waals surface area contributed by atoms with Gasteiger partial charge in [-0.25, -0.2) is 0 Å². The molecule has 86 valence electrons. The number of carbonyl (C=O) groups excluding carboxylic acids is 1. The van der Waals surface area contributed by atoms with Gasteiger partial charge < -0.3 is 4.90 Å². The van der Waals surface area contributed by atoms with Crippen LogP contribution in [0.5, 0.6) is 0 Å². The summed E-state index contributed by atoms with van der Waals surface area (Å²) in [5.74, 6) is 0.0658. The highest BCUT2D eigenvalue weighted by Crippen LogP contribution is 2.28. The molecule has 0 aliphatic carbocycles. The van der Waals surface area contributed by atoms with Gasteiger partial charge in [0.05, 0.1) is 15.4 Å². The Hall–Kier alpha value is -0.440. The van der Waals surface area contributed by atoms with E-state index in [4.69, 9.17) is 34.8 Å². The molecule has 1 atom stereocenters. The molecule has 1 saturated heterocycles. The molecule has 2 rings (SSSR count). The van der Waals surface area contributed by atoms with Crippen molar-refractivity contribution in [1.82, 2.24) is 4.90 Å². The molecule has 0 aromatic heterocycles. The van der Waals surface area contributed by atoms with Gasteiger partial charge in [-0.3, -0.25) is 4.79 Å². The van der Waals surface area contributed by atoms with Gasteiger partial charge in [0.15, 0.2) is 0 Å². The monoisotopic (exact) mass is 277 g/mol. The molecule has 0 spiro atoms. The largest absolute Gasteiger partial charge is 0.337 e. The van der Waals surface area contributed by atoms with Gasteiger partial charge in [0.1, 0.15) is 0 Å². The first-order chi connectivity index (χ1) is 7.58. The molecule has 1 amide bonds. The van der Waals surface area contributed by atoms with Crippen molar-refractivity contribution < 1.29 is 4.79 Å². The predicted octanol–water partition coefficient (Wildman–Crippen LogP) is 3.33. The average molecular weight is 279 g/mol. The molecule has 0 radical (unpaired) electrons. The van der Waals surface area contributed by atoms with E-state index < -0.39 is 0 Å². The van der Waals surface area contributed by atoms with Crippen LogP contribution < -0.4 is 0 Å². The Morgan fingerprint density at radius 3 is 2.75 bits per heavy atom. The van der Waals surface area contributed by atoms with Gasteiger partial charge in [-0.05, 0) is 11.6 Å². The Bertz CT molecular complexity index is 422. The van der Waals surface area contributed by atoms with Gasteiger partial charge in [-0.2, -0.15) is 0 Å². The van der Waals surface area contributed by atoms with Crippen LogP contribution in [0.3, 0.4) is 0 Å². The number of hydrogen-bond acceptors (Lipinski definition) is 1. The van der Waals surface area contributed by atoms with E-state index in [1.165, 1.54) is 0 Å². The van der Waals surface area contributed by atoms with E-state index in [9.17, 15) is 4.79 Å². The minimum Gasteiger partial charge on any atom is -0.337 e. The topological polar surface area (TPSA) is 20.3 Å². The van der Waals surface area contributed by atoms with Gasteiger partial charge in [-0.1, -0.05) is 35.3 Å². The fourth-order valence-electron chi connectivity index (χ4n) is 1.75. The quantitative estimate of drug-likeness (QED) is 0.760. The van der Waals surface area contributed by atoms with Crippen LogP contribution in [0.4, 0.5) is 0 Å². The van der Waals surface area contributed by atoms with Crippen molar-refractivity contribution >= 4 is 40.7 Å². The number of carbonyl (C=O) groups is 1. The molecule has 1 unspecified atom stereocenters. The molecular formula is C11H10Cl3NO. The summed E-state index contributed by atoms with van der Waals surface area (Å²) in [6.45, 7) is 1.05. The van der Waals surface area contributed by atoms with Crippen molar-refractivity contribution in [3.8, 4) is 0 Å². The van der Waals surface area contributed by atoms with E-state index in [1.54, 1.807) is 11.0 Å². The fraction of sp³-hybridized carbons (Fsp3) is 0.364. The molecule has 0 saturated carbocycles. The van der Waals surface area contributed by atoms with Crippen LogP contribution in [0, 0.1) is 0 Å². The SMILES string of the molecule is O=C1CC(Cl)CN1Cc1cccc(Cl)c1Cl. The number of rotatable bonds is 2. The van der Waals surface area contributed by atoms with Crippen molar-refractivity contribution in [2.24, 2.45) is 0 Å². The van der Waals surface area contributed by atoms with Gasteiger partial charge in [0.25, 0.3) is 0 Å². The summed E-state index contributed by atoms with van der Waals surface area (Å²) in [4.78, 5) is 13.3. The minimum atomic E-state index is -0.0922. The van der Waals surface area contributed by atoms with E-state index in [2.05, 4.69) is 0 Å². The first-order valence-electron chi connectivity index (χ1n) is 4.92. The third-order valence-electron chi connectivity index (χ3n) is 2.56. The summed E-state index contributed by atoms with van der Waals surface area (Å²) in [5.41, 5.74) is 0.855. The summed E-state index contributed by atoms with van der Waals surface area (Å²) in [7, 11) is 0. The Balaban J connectivity index is 2.15. The van der Waals surface area contributed by atoms with E-state index >= 15 is 0 Å². The van der Waals surface area contributed by atoms with Gasteiger partial charge >= 0.3 is 0 Å². The van der Waals surface area contributed by atoms with Crippen LogP contribution in [0.1, 0.15) is 12.0 Å². The molecule has 1 fully saturated rings. The number of halogens is 3. The fourth-order valence-corrected chi connectivity index (χ4v) is 2.43. The second-order valence-corrected chi connectivity index (χ2v) is 5.19. The zero-order valence-electron chi connectivity index (χ0n) is 8.42. The predicted molar refractivity (Wildman–Crippen MR) is 66.1 cm³/mol. The first-order valence-corrected chi connectivity index (χ1v) is 6.12. The van der Waals surface area contributed by atoms with Gasteiger partial charge in [0.2, 0.25) is 5.91 Å². The van der Waals surface area contributed by atoms with Crippen molar-refractivity contribution in [3.63, 3.8) is 0 Å². The molecule has 1 aliphatic rings. The molecule has 5 heteroatoms. The average Bonchev–Trinajstić information content (AvgIpc) is 2.53. The lowest BCUT2D eigenvalue weighted by molar-refractivity contribution is -0.128. The molecule has 1 aliphatic heterocycles. The van der Waals surface area contributed by atoms with Crippen LogP contribution in [-0.4, -0.2) is 22.7 Å². The van der Waals surface area contributed by atoms with Crippen molar-refractivity contribution in [3.05, 3.63) is 33.8 Å². The van der Waals surface area contributed by atoms with Crippen LogP contribution in [0.15, 0.2) is 18.2 Å². The molecule has 16 heavy (non-hydrogen) atoms. The lowest BCUT2D eigenvalue weighted by Crippen LogP contribution is -2.24. The standard InChI is InChI=1S/C11H10Cl3NO/c12-8-4-10(16)15(6-8)5-7-2-1-3-9(13)11(7)14/h1-3,8H,4-6H2. The van der Waals surface area contributed by atoms with Gasteiger partial charge in [-0.15, -0.1) is 11.6 Å². The highest BCUT2D eigenvalue weighted by molar-refractivity contribution is 6.42. The number of nitrogens with zero attached hydrogens (tertiary/aromatic N) is 1. The lowest BCUT2D eigenvalue weighted by Gasteiger charge is -2.16. The molecule has 2 nitrogen and oxygen atoms in total. The highest BCUT2D eigenvalue weighted by atomic mass is 35.5. The summed E-state index contributed by atoms with van der Waals surface area (Å²) in [6.07, 6.45) is 0.403. The molecule has 0 N–H and O–H groups in total. The van der Waals surface area contributed by atoms with Crippen LogP contribution >= 0.6 is 34.8 Å². The normalized spacial score (nSPS) is 20.6. The highest BCUT2D eigenvalue weighted by Gasteiger charge is 2.28. The number of benzene rings is 1. The van der Waals surface area contributed by atoms with Gasteiger partial charge in [0, 0.05) is 19.5 Å². The maximum atomic E-state index is 11.6. The zero-order valence-corrected chi connectivity index (χ0v) is 10.7. The smallest absolute Gasteiger partial charge is 0.224 e. The van der Waals surface area contributed by atoms with E-state index in [0.717, 1.165) is 5.56 Å². The van der Waals surface area contributed by atoms with E-state index in [1.807, 2.05) is 12.1 Å². The number of alkyl halides is 1. The van der Waals surface area contributed by atoms with Crippen molar-refractivity contribution in [2.45, 2.75) is 18.3 Å². The van der Waals surface area contributed by atoms with Crippen molar-refractivity contribution in [1.29, 1.82) is 0 Å². The van der Waals surface area contributed by atoms with Crippen molar-refractivity contribution in [2.75, 3.05) is 6.54 Å². The number of likely N-dealkylation sites (tertiary alicyclic amines) is 1. The summed E-state index contributed by atoms with van der Waals surface area (Å²) in [6, 6.07) is 5.41. The second kappa shape index (κ2) is 4.82. The Kier molecular flexibility index (Phi) is 3.63. The molecule has 1 heterocycles. The Morgan fingerprint density at radius 2 is 2.12 bits per heavy atom. The Morgan fingerprint density at radius 1 is 1.38 bits per heavy atom. The van der Waals surface area contributed by atoms with E-state index in [-0.39, 0.29) is 11.3 Å². The molecular weight excluding hydrogens is 268 g/mol. The maximum Gasteiger partial charge on any atom is 0.224 e. The first kappa shape index (κ1) is 12.0. The summed E-state index contributed by atoms with van der Waals surface area (Å²) < 4.78 is 0. The zero-order chi connectivity index (χ0) is 11.7.